The predicted molar refractivity (Wildman–Crippen MR) is 80.1 cm³/mol. The van der Waals surface area contributed by atoms with Crippen molar-refractivity contribution in [1.29, 1.82) is 0 Å². The molecule has 0 aromatic carbocycles. The van der Waals surface area contributed by atoms with Gasteiger partial charge >= 0.3 is 0 Å². The zero-order valence-corrected chi connectivity index (χ0v) is 13.4. The number of rotatable bonds is 6. The number of alkyl halides is 1. The van der Waals surface area contributed by atoms with Crippen molar-refractivity contribution in [3.05, 3.63) is 23.5 Å². The molecule has 0 bridgehead atoms. The Morgan fingerprint density at radius 2 is 2.16 bits per heavy atom. The lowest BCUT2D eigenvalue weighted by atomic mass is 9.91. The molecule has 0 radical (unpaired) electrons. The van der Waals surface area contributed by atoms with Gasteiger partial charge in [-0.25, -0.2) is 0 Å². The summed E-state index contributed by atoms with van der Waals surface area (Å²) in [4.78, 5) is 4.94. The van der Waals surface area contributed by atoms with Crippen LogP contribution < -0.4 is 4.74 Å². The van der Waals surface area contributed by atoms with Gasteiger partial charge in [0.25, 0.3) is 0 Å². The van der Waals surface area contributed by atoms with Crippen molar-refractivity contribution < 1.29 is 9.47 Å². The third-order valence-corrected chi connectivity index (χ3v) is 4.27. The van der Waals surface area contributed by atoms with Crippen molar-refractivity contribution in [2.24, 2.45) is 0 Å². The Morgan fingerprint density at radius 3 is 2.79 bits per heavy atom. The predicted octanol–water partition coefficient (Wildman–Crippen LogP) is 3.66. The lowest BCUT2D eigenvalue weighted by molar-refractivity contribution is -0.0765. The fraction of sp³-hybridized carbons (Fsp3) is 0.667. The molecule has 1 aromatic rings. The Hall–Kier alpha value is -0.610. The number of aryl methyl sites for hydroxylation is 2. The molecule has 0 spiro atoms. The average molecular weight is 328 g/mol. The molecule has 1 aliphatic carbocycles. The third kappa shape index (κ3) is 3.48. The molecule has 0 aliphatic heterocycles. The van der Waals surface area contributed by atoms with E-state index in [1.165, 1.54) is 0 Å². The Bertz CT molecular complexity index is 425. The van der Waals surface area contributed by atoms with Gasteiger partial charge in [0, 0.05) is 23.5 Å². The van der Waals surface area contributed by atoms with Crippen LogP contribution in [-0.2, 0) is 11.2 Å². The maximum Gasteiger partial charge on any atom is 0.141 e. The summed E-state index contributed by atoms with van der Waals surface area (Å²) in [7, 11) is 0. The van der Waals surface area contributed by atoms with E-state index in [1.54, 1.807) is 0 Å². The van der Waals surface area contributed by atoms with Crippen LogP contribution in [0.1, 0.15) is 38.1 Å². The van der Waals surface area contributed by atoms with Crippen LogP contribution in [0.5, 0.6) is 5.75 Å². The first-order chi connectivity index (χ1) is 9.15. The standard InChI is InChI=1S/C15H22BrNO2/c1-4-8-18-15-11(16)9-14(15)19-13-7-6-10(3)17-12(13)5-2/h6-7,11,14-15H,4-5,8-9H2,1-3H3. The number of pyridine rings is 1. The first-order valence-corrected chi connectivity index (χ1v) is 7.96. The van der Waals surface area contributed by atoms with Crippen LogP contribution in [0.3, 0.4) is 0 Å². The van der Waals surface area contributed by atoms with Crippen LogP contribution >= 0.6 is 15.9 Å². The van der Waals surface area contributed by atoms with Crippen LogP contribution in [0.2, 0.25) is 0 Å². The Labute approximate surface area is 123 Å². The fourth-order valence-corrected chi connectivity index (χ4v) is 3.09. The molecule has 3 nitrogen and oxygen atoms in total. The van der Waals surface area contributed by atoms with Gasteiger partial charge in [-0.15, -0.1) is 0 Å². The summed E-state index contributed by atoms with van der Waals surface area (Å²) in [5.41, 5.74) is 2.07. The van der Waals surface area contributed by atoms with E-state index in [1.807, 2.05) is 19.1 Å². The first kappa shape index (κ1) is 14.8. The normalized spacial score (nSPS) is 26.0. The van der Waals surface area contributed by atoms with Gasteiger partial charge in [-0.1, -0.05) is 29.8 Å². The van der Waals surface area contributed by atoms with Gasteiger partial charge < -0.3 is 9.47 Å². The summed E-state index contributed by atoms with van der Waals surface area (Å²) in [6.45, 7) is 7.03. The maximum atomic E-state index is 6.09. The summed E-state index contributed by atoms with van der Waals surface area (Å²) in [6, 6.07) is 4.03. The van der Waals surface area contributed by atoms with E-state index >= 15 is 0 Å². The van der Waals surface area contributed by atoms with Gasteiger partial charge in [0.2, 0.25) is 0 Å². The molecule has 0 amide bonds. The summed E-state index contributed by atoms with van der Waals surface area (Å²) in [5.74, 6) is 0.905. The summed E-state index contributed by atoms with van der Waals surface area (Å²) in [5, 5.41) is 0. The molecule has 0 N–H and O–H groups in total. The Balaban J connectivity index is 2.01. The van der Waals surface area contributed by atoms with Crippen molar-refractivity contribution in [1.82, 2.24) is 4.98 Å². The molecule has 3 unspecified atom stereocenters. The highest BCUT2D eigenvalue weighted by molar-refractivity contribution is 9.09. The van der Waals surface area contributed by atoms with Crippen molar-refractivity contribution in [2.75, 3.05) is 6.61 Å². The largest absolute Gasteiger partial charge is 0.486 e. The van der Waals surface area contributed by atoms with Gasteiger partial charge in [0.15, 0.2) is 0 Å². The molecule has 19 heavy (non-hydrogen) atoms. The second-order valence-corrected chi connectivity index (χ2v) is 6.17. The van der Waals surface area contributed by atoms with E-state index in [0.717, 1.165) is 43.0 Å². The van der Waals surface area contributed by atoms with Crippen LogP contribution in [-0.4, -0.2) is 28.6 Å². The number of hydrogen-bond donors (Lipinski definition) is 0. The monoisotopic (exact) mass is 327 g/mol. The van der Waals surface area contributed by atoms with Crippen LogP contribution in [0.15, 0.2) is 12.1 Å². The molecular formula is C15H22BrNO2. The molecule has 0 saturated heterocycles. The van der Waals surface area contributed by atoms with Crippen LogP contribution in [0.4, 0.5) is 0 Å². The average Bonchev–Trinajstić information content (AvgIpc) is 2.40. The minimum Gasteiger partial charge on any atom is -0.486 e. The molecule has 4 heteroatoms. The van der Waals surface area contributed by atoms with E-state index in [-0.39, 0.29) is 12.2 Å². The highest BCUT2D eigenvalue weighted by Crippen LogP contribution is 2.35. The number of hydrogen-bond acceptors (Lipinski definition) is 3. The first-order valence-electron chi connectivity index (χ1n) is 7.04. The minimum absolute atomic E-state index is 0.144. The zero-order valence-electron chi connectivity index (χ0n) is 11.9. The smallest absolute Gasteiger partial charge is 0.141 e. The summed E-state index contributed by atoms with van der Waals surface area (Å²) < 4.78 is 11.9. The second kappa shape index (κ2) is 6.71. The van der Waals surface area contributed by atoms with E-state index < -0.39 is 0 Å². The van der Waals surface area contributed by atoms with E-state index in [2.05, 4.69) is 34.8 Å². The number of aromatic nitrogens is 1. The van der Waals surface area contributed by atoms with Gasteiger partial charge in [0.1, 0.15) is 18.0 Å². The highest BCUT2D eigenvalue weighted by Gasteiger charge is 2.42. The van der Waals surface area contributed by atoms with Crippen LogP contribution in [0.25, 0.3) is 0 Å². The van der Waals surface area contributed by atoms with E-state index in [4.69, 9.17) is 9.47 Å². The number of nitrogens with zero attached hydrogens (tertiary/aromatic N) is 1. The van der Waals surface area contributed by atoms with Crippen molar-refractivity contribution in [3.63, 3.8) is 0 Å². The molecule has 3 atom stereocenters. The third-order valence-electron chi connectivity index (χ3n) is 3.38. The van der Waals surface area contributed by atoms with Gasteiger partial charge in [-0.05, 0) is 31.9 Å². The fourth-order valence-electron chi connectivity index (χ4n) is 2.23. The molecule has 1 saturated carbocycles. The lowest BCUT2D eigenvalue weighted by Crippen LogP contribution is -2.52. The van der Waals surface area contributed by atoms with Crippen molar-refractivity contribution >= 4 is 15.9 Å². The van der Waals surface area contributed by atoms with E-state index in [9.17, 15) is 0 Å². The van der Waals surface area contributed by atoms with Gasteiger partial charge in [0.05, 0.1) is 5.69 Å². The van der Waals surface area contributed by atoms with Crippen LogP contribution in [0, 0.1) is 6.92 Å². The van der Waals surface area contributed by atoms with Gasteiger partial charge in [-0.3, -0.25) is 4.98 Å². The van der Waals surface area contributed by atoms with Crippen molar-refractivity contribution in [2.45, 2.75) is 57.1 Å². The Morgan fingerprint density at radius 1 is 1.37 bits per heavy atom. The molecule has 1 fully saturated rings. The quantitative estimate of drug-likeness (QED) is 0.747. The maximum absolute atomic E-state index is 6.09. The lowest BCUT2D eigenvalue weighted by Gasteiger charge is -2.41. The number of ether oxygens (including phenoxy) is 2. The van der Waals surface area contributed by atoms with E-state index in [0.29, 0.717) is 4.83 Å². The van der Waals surface area contributed by atoms with Gasteiger partial charge in [-0.2, -0.15) is 0 Å². The summed E-state index contributed by atoms with van der Waals surface area (Å²) >= 11 is 3.64. The molecule has 1 heterocycles. The molecule has 106 valence electrons. The highest BCUT2D eigenvalue weighted by atomic mass is 79.9. The zero-order chi connectivity index (χ0) is 13.8. The molecule has 1 aromatic heterocycles. The molecule has 2 rings (SSSR count). The summed E-state index contributed by atoms with van der Waals surface area (Å²) in [6.07, 6.45) is 3.22. The Kier molecular flexibility index (Phi) is 5.22. The number of halogens is 1. The SMILES string of the molecule is CCCOC1C(Br)CC1Oc1ccc(C)nc1CC. The topological polar surface area (TPSA) is 31.4 Å². The van der Waals surface area contributed by atoms with Crippen molar-refractivity contribution in [3.8, 4) is 5.75 Å². The molecular weight excluding hydrogens is 306 g/mol. The second-order valence-electron chi connectivity index (χ2n) is 4.99. The minimum atomic E-state index is 0.144. The molecule has 1 aliphatic rings.